The first-order valence-corrected chi connectivity index (χ1v) is 7.98. The molecule has 0 heterocycles. The monoisotopic (exact) mass is 403 g/mol. The van der Waals surface area contributed by atoms with E-state index in [1.807, 2.05) is 13.0 Å². The molecular formula is C16H16ClFIN. The highest BCUT2D eigenvalue weighted by atomic mass is 127. The normalized spacial score (nSPS) is 12.4. The van der Waals surface area contributed by atoms with Gasteiger partial charge in [0, 0.05) is 9.61 Å². The second-order valence-corrected chi connectivity index (χ2v) is 6.27. The Kier molecular flexibility index (Phi) is 5.81. The topological polar surface area (TPSA) is 12.0 Å². The number of rotatable bonds is 5. The van der Waals surface area contributed by atoms with Gasteiger partial charge in [0.25, 0.3) is 0 Å². The van der Waals surface area contributed by atoms with Crippen LogP contribution in [0.15, 0.2) is 42.5 Å². The molecule has 4 heteroatoms. The zero-order valence-corrected chi connectivity index (χ0v) is 14.1. The van der Waals surface area contributed by atoms with Gasteiger partial charge < -0.3 is 5.32 Å². The molecule has 1 N–H and O–H groups in total. The van der Waals surface area contributed by atoms with Crippen LogP contribution in [-0.4, -0.2) is 6.54 Å². The van der Waals surface area contributed by atoms with Crippen molar-refractivity contribution in [3.05, 3.63) is 68.0 Å². The Morgan fingerprint density at radius 1 is 1.20 bits per heavy atom. The van der Waals surface area contributed by atoms with E-state index >= 15 is 0 Å². The molecule has 0 saturated carbocycles. The number of nitrogens with one attached hydrogen (secondary N) is 1. The molecule has 0 saturated heterocycles. The maximum absolute atomic E-state index is 13.6. The summed E-state index contributed by atoms with van der Waals surface area (Å²) in [4.78, 5) is 0. The molecule has 0 aliphatic heterocycles. The second-order valence-electron chi connectivity index (χ2n) is 4.61. The van der Waals surface area contributed by atoms with Crippen LogP contribution in [0.25, 0.3) is 0 Å². The predicted octanol–water partition coefficient (Wildman–Crippen LogP) is 4.98. The summed E-state index contributed by atoms with van der Waals surface area (Å²) >= 11 is 8.03. The first-order chi connectivity index (χ1) is 9.60. The molecule has 0 amide bonds. The summed E-state index contributed by atoms with van der Waals surface area (Å²) in [6.07, 6.45) is 0.825. The van der Waals surface area contributed by atoms with E-state index in [-0.39, 0.29) is 16.9 Å². The van der Waals surface area contributed by atoms with Crippen molar-refractivity contribution in [1.82, 2.24) is 5.32 Å². The molecule has 20 heavy (non-hydrogen) atoms. The van der Waals surface area contributed by atoms with Gasteiger partial charge in [-0.05, 0) is 70.9 Å². The van der Waals surface area contributed by atoms with Gasteiger partial charge in [0.05, 0.1) is 5.02 Å². The van der Waals surface area contributed by atoms with Crippen molar-refractivity contribution in [2.75, 3.05) is 6.54 Å². The summed E-state index contributed by atoms with van der Waals surface area (Å²) in [5.41, 5.74) is 2.15. The summed E-state index contributed by atoms with van der Waals surface area (Å²) < 4.78 is 14.8. The van der Waals surface area contributed by atoms with Gasteiger partial charge in [-0.15, -0.1) is 0 Å². The molecule has 0 aliphatic rings. The van der Waals surface area contributed by atoms with E-state index in [1.54, 1.807) is 6.07 Å². The Bertz CT molecular complexity index is 571. The molecule has 2 rings (SSSR count). The zero-order chi connectivity index (χ0) is 14.5. The average Bonchev–Trinajstić information content (AvgIpc) is 2.44. The van der Waals surface area contributed by atoms with Crippen LogP contribution in [0.2, 0.25) is 5.02 Å². The molecule has 106 valence electrons. The SMILES string of the molecule is CCNC(Cc1ccc(I)cc1)c1ccc(Cl)c(F)c1. The van der Waals surface area contributed by atoms with Crippen molar-refractivity contribution in [2.24, 2.45) is 0 Å². The Labute approximate surface area is 137 Å². The van der Waals surface area contributed by atoms with E-state index in [0.717, 1.165) is 18.5 Å². The standard InChI is InChI=1S/C16H16ClFIN/c1-2-20-16(9-11-3-6-13(19)7-4-11)12-5-8-14(17)15(18)10-12/h3-8,10,16,20H,2,9H2,1H3. The van der Waals surface area contributed by atoms with Gasteiger partial charge in [-0.3, -0.25) is 0 Å². The molecule has 0 bridgehead atoms. The molecule has 0 aliphatic carbocycles. The number of likely N-dealkylation sites (N-methyl/N-ethyl adjacent to an activating group) is 1. The zero-order valence-electron chi connectivity index (χ0n) is 11.2. The van der Waals surface area contributed by atoms with Crippen molar-refractivity contribution in [3.8, 4) is 0 Å². The molecule has 2 aromatic carbocycles. The third kappa shape index (κ3) is 4.17. The summed E-state index contributed by atoms with van der Waals surface area (Å²) in [6.45, 7) is 2.88. The highest BCUT2D eigenvalue weighted by Crippen LogP contribution is 2.23. The maximum atomic E-state index is 13.6. The van der Waals surface area contributed by atoms with Gasteiger partial charge in [-0.25, -0.2) is 4.39 Å². The Morgan fingerprint density at radius 3 is 2.50 bits per heavy atom. The molecule has 2 aromatic rings. The minimum atomic E-state index is -0.366. The van der Waals surface area contributed by atoms with Gasteiger partial charge >= 0.3 is 0 Å². The van der Waals surface area contributed by atoms with Crippen LogP contribution in [0.4, 0.5) is 4.39 Å². The van der Waals surface area contributed by atoms with E-state index < -0.39 is 0 Å². The van der Waals surface area contributed by atoms with Gasteiger partial charge in [0.1, 0.15) is 5.82 Å². The van der Waals surface area contributed by atoms with E-state index in [9.17, 15) is 4.39 Å². The molecule has 0 aromatic heterocycles. The fourth-order valence-electron chi connectivity index (χ4n) is 2.14. The Hall–Kier alpha value is -0.650. The number of hydrogen-bond donors (Lipinski definition) is 1. The lowest BCUT2D eigenvalue weighted by atomic mass is 9.99. The molecule has 0 spiro atoms. The average molecular weight is 404 g/mol. The van der Waals surface area contributed by atoms with Crippen LogP contribution >= 0.6 is 34.2 Å². The minimum Gasteiger partial charge on any atom is -0.310 e. The van der Waals surface area contributed by atoms with Crippen molar-refractivity contribution in [2.45, 2.75) is 19.4 Å². The van der Waals surface area contributed by atoms with E-state index in [0.29, 0.717) is 0 Å². The Balaban J connectivity index is 2.21. The second kappa shape index (κ2) is 7.38. The van der Waals surface area contributed by atoms with Crippen molar-refractivity contribution < 1.29 is 4.39 Å². The smallest absolute Gasteiger partial charge is 0.142 e. The van der Waals surface area contributed by atoms with Crippen LogP contribution in [-0.2, 0) is 6.42 Å². The van der Waals surface area contributed by atoms with E-state index in [1.165, 1.54) is 15.2 Å². The molecule has 1 unspecified atom stereocenters. The maximum Gasteiger partial charge on any atom is 0.142 e. The molecule has 0 radical (unpaired) electrons. The number of halogens is 3. The molecular weight excluding hydrogens is 388 g/mol. The Morgan fingerprint density at radius 2 is 1.90 bits per heavy atom. The first kappa shape index (κ1) is 15.7. The van der Waals surface area contributed by atoms with Gasteiger partial charge in [0.2, 0.25) is 0 Å². The largest absolute Gasteiger partial charge is 0.310 e. The van der Waals surface area contributed by atoms with E-state index in [4.69, 9.17) is 11.6 Å². The quantitative estimate of drug-likeness (QED) is 0.695. The summed E-state index contributed by atoms with van der Waals surface area (Å²) in [5, 5.41) is 3.56. The van der Waals surface area contributed by atoms with Crippen LogP contribution in [0.1, 0.15) is 24.1 Å². The van der Waals surface area contributed by atoms with Gasteiger partial charge in [-0.2, -0.15) is 0 Å². The summed E-state index contributed by atoms with van der Waals surface area (Å²) in [7, 11) is 0. The number of benzene rings is 2. The van der Waals surface area contributed by atoms with E-state index in [2.05, 4.69) is 52.2 Å². The van der Waals surface area contributed by atoms with Gasteiger partial charge in [0.15, 0.2) is 0 Å². The fraction of sp³-hybridized carbons (Fsp3) is 0.250. The van der Waals surface area contributed by atoms with Crippen molar-refractivity contribution in [3.63, 3.8) is 0 Å². The third-order valence-corrected chi connectivity index (χ3v) is 4.18. The van der Waals surface area contributed by atoms with Crippen LogP contribution in [0.3, 0.4) is 0 Å². The summed E-state index contributed by atoms with van der Waals surface area (Å²) in [6, 6.07) is 13.5. The van der Waals surface area contributed by atoms with Crippen LogP contribution < -0.4 is 5.32 Å². The van der Waals surface area contributed by atoms with Crippen LogP contribution in [0.5, 0.6) is 0 Å². The van der Waals surface area contributed by atoms with Crippen LogP contribution in [0, 0.1) is 9.39 Å². The van der Waals surface area contributed by atoms with Crippen molar-refractivity contribution >= 4 is 34.2 Å². The highest BCUT2D eigenvalue weighted by Gasteiger charge is 2.13. The third-order valence-electron chi connectivity index (χ3n) is 3.15. The lowest BCUT2D eigenvalue weighted by Gasteiger charge is -2.19. The predicted molar refractivity (Wildman–Crippen MR) is 90.7 cm³/mol. The van der Waals surface area contributed by atoms with Gasteiger partial charge in [-0.1, -0.05) is 36.7 Å². The minimum absolute atomic E-state index is 0.0897. The molecule has 1 atom stereocenters. The summed E-state index contributed by atoms with van der Waals surface area (Å²) in [5.74, 6) is -0.366. The fourth-order valence-corrected chi connectivity index (χ4v) is 2.62. The molecule has 0 fully saturated rings. The molecule has 1 nitrogen and oxygen atoms in total. The number of hydrogen-bond acceptors (Lipinski definition) is 1. The lowest BCUT2D eigenvalue weighted by molar-refractivity contribution is 0.543. The highest BCUT2D eigenvalue weighted by molar-refractivity contribution is 14.1. The van der Waals surface area contributed by atoms with Crippen molar-refractivity contribution in [1.29, 1.82) is 0 Å². The lowest BCUT2D eigenvalue weighted by Crippen LogP contribution is -2.23. The first-order valence-electron chi connectivity index (χ1n) is 6.53.